The predicted octanol–water partition coefficient (Wildman–Crippen LogP) is 2.55. The lowest BCUT2D eigenvalue weighted by Crippen LogP contribution is -2.53. The minimum absolute atomic E-state index is 0.430. The van der Waals surface area contributed by atoms with Crippen molar-refractivity contribution in [2.24, 2.45) is 23.2 Å². The van der Waals surface area contributed by atoms with Crippen LogP contribution in [0.3, 0.4) is 0 Å². The van der Waals surface area contributed by atoms with E-state index in [1.165, 1.54) is 26.4 Å². The van der Waals surface area contributed by atoms with Gasteiger partial charge in [-0.15, -0.1) is 0 Å². The summed E-state index contributed by atoms with van der Waals surface area (Å²) in [4.78, 5) is 11.0. The number of carbonyl (C=O) groups is 1. The zero-order valence-corrected chi connectivity index (χ0v) is 10.4. The molecule has 0 aliphatic heterocycles. The summed E-state index contributed by atoms with van der Waals surface area (Å²) >= 11 is 0. The lowest BCUT2D eigenvalue weighted by molar-refractivity contribution is -0.155. The number of fused-ring (bicyclic) bond motifs is 2. The number of aliphatic carboxylic acids is 1. The van der Waals surface area contributed by atoms with Crippen molar-refractivity contribution in [3.63, 3.8) is 0 Å². The topological polar surface area (TPSA) is 46.5 Å². The number of methoxy groups -OCH3 is 1. The summed E-state index contributed by atoms with van der Waals surface area (Å²) in [6, 6.07) is 0. The van der Waals surface area contributed by atoms with E-state index in [9.17, 15) is 4.79 Å². The highest BCUT2D eigenvalue weighted by Gasteiger charge is 2.54. The quantitative estimate of drug-likeness (QED) is 0.801. The molecular formula is C13H22O3. The Balaban J connectivity index is 1.98. The third kappa shape index (κ3) is 1.75. The van der Waals surface area contributed by atoms with Gasteiger partial charge in [-0.1, -0.05) is 13.8 Å². The van der Waals surface area contributed by atoms with Crippen molar-refractivity contribution < 1.29 is 14.6 Å². The molecule has 3 nitrogen and oxygen atoms in total. The van der Waals surface area contributed by atoms with E-state index in [2.05, 4.69) is 13.8 Å². The molecule has 0 radical (unpaired) electrons. The van der Waals surface area contributed by atoms with E-state index < -0.39 is 12.1 Å². The van der Waals surface area contributed by atoms with Crippen molar-refractivity contribution in [2.75, 3.05) is 7.11 Å². The molecule has 16 heavy (non-hydrogen) atoms. The van der Waals surface area contributed by atoms with Gasteiger partial charge in [0, 0.05) is 7.11 Å². The van der Waals surface area contributed by atoms with E-state index >= 15 is 0 Å². The molecule has 92 valence electrons. The van der Waals surface area contributed by atoms with Crippen molar-refractivity contribution in [3.8, 4) is 0 Å². The third-order valence-electron chi connectivity index (χ3n) is 5.08. The molecule has 0 aromatic carbocycles. The highest BCUT2D eigenvalue weighted by Crippen LogP contribution is 2.62. The van der Waals surface area contributed by atoms with Gasteiger partial charge in [-0.05, 0) is 48.9 Å². The SMILES string of the molecule is COC(CC1CCC2CC1C2(C)C)C(=O)O. The molecule has 2 bridgehead atoms. The second-order valence-electron chi connectivity index (χ2n) is 6.00. The largest absolute Gasteiger partial charge is 0.479 e. The molecule has 0 heterocycles. The van der Waals surface area contributed by atoms with Gasteiger partial charge in [0.25, 0.3) is 0 Å². The number of hydrogen-bond acceptors (Lipinski definition) is 2. The minimum atomic E-state index is -0.818. The molecule has 4 atom stereocenters. The fourth-order valence-electron chi connectivity index (χ4n) is 3.82. The van der Waals surface area contributed by atoms with Crippen molar-refractivity contribution in [2.45, 2.75) is 45.6 Å². The van der Waals surface area contributed by atoms with Crippen LogP contribution in [0, 0.1) is 23.2 Å². The molecule has 4 unspecified atom stereocenters. The Morgan fingerprint density at radius 2 is 2.19 bits per heavy atom. The van der Waals surface area contributed by atoms with Crippen molar-refractivity contribution in [1.29, 1.82) is 0 Å². The van der Waals surface area contributed by atoms with E-state index in [0.717, 1.165) is 5.92 Å². The predicted molar refractivity (Wildman–Crippen MR) is 61.2 cm³/mol. The van der Waals surface area contributed by atoms with E-state index in [1.54, 1.807) is 0 Å². The first kappa shape index (κ1) is 11.9. The highest BCUT2D eigenvalue weighted by atomic mass is 16.5. The Morgan fingerprint density at radius 1 is 1.50 bits per heavy atom. The zero-order chi connectivity index (χ0) is 11.9. The average Bonchev–Trinajstić information content (AvgIpc) is 2.25. The van der Waals surface area contributed by atoms with Gasteiger partial charge in [0.05, 0.1) is 0 Å². The minimum Gasteiger partial charge on any atom is -0.479 e. The summed E-state index contributed by atoms with van der Waals surface area (Å²) in [6.07, 6.45) is 3.83. The molecule has 3 aliphatic rings. The average molecular weight is 226 g/mol. The van der Waals surface area contributed by atoms with E-state index in [4.69, 9.17) is 9.84 Å². The first-order valence-corrected chi connectivity index (χ1v) is 6.22. The number of ether oxygens (including phenoxy) is 1. The van der Waals surface area contributed by atoms with Gasteiger partial charge in [-0.3, -0.25) is 0 Å². The lowest BCUT2D eigenvalue weighted by atomic mass is 9.45. The summed E-state index contributed by atoms with van der Waals surface area (Å²) in [7, 11) is 1.50. The Morgan fingerprint density at radius 3 is 2.62 bits per heavy atom. The van der Waals surface area contributed by atoms with Gasteiger partial charge in [0.15, 0.2) is 6.10 Å². The monoisotopic (exact) mass is 226 g/mol. The van der Waals surface area contributed by atoms with Gasteiger partial charge < -0.3 is 9.84 Å². The number of hydrogen-bond donors (Lipinski definition) is 1. The Labute approximate surface area is 97.2 Å². The maximum Gasteiger partial charge on any atom is 0.332 e. The van der Waals surface area contributed by atoms with Crippen molar-refractivity contribution >= 4 is 5.97 Å². The van der Waals surface area contributed by atoms with Crippen molar-refractivity contribution in [1.82, 2.24) is 0 Å². The summed E-state index contributed by atoms with van der Waals surface area (Å²) < 4.78 is 5.05. The molecule has 3 aliphatic carbocycles. The second-order valence-corrected chi connectivity index (χ2v) is 6.00. The van der Waals surface area contributed by atoms with Crippen LogP contribution < -0.4 is 0 Å². The lowest BCUT2D eigenvalue weighted by Gasteiger charge is -2.60. The van der Waals surface area contributed by atoms with Crippen LogP contribution in [0.5, 0.6) is 0 Å². The highest BCUT2D eigenvalue weighted by molar-refractivity contribution is 5.72. The molecule has 3 saturated carbocycles. The molecule has 0 spiro atoms. The van der Waals surface area contributed by atoms with Crippen LogP contribution in [0.25, 0.3) is 0 Å². The summed E-state index contributed by atoms with van der Waals surface area (Å²) in [5.41, 5.74) is 0.430. The van der Waals surface area contributed by atoms with Crippen LogP contribution in [-0.2, 0) is 9.53 Å². The van der Waals surface area contributed by atoms with Gasteiger partial charge in [-0.25, -0.2) is 4.79 Å². The van der Waals surface area contributed by atoms with Crippen LogP contribution in [0.1, 0.15) is 39.5 Å². The summed E-state index contributed by atoms with van der Waals surface area (Å²) in [5.74, 6) is 1.31. The molecule has 3 fully saturated rings. The first-order chi connectivity index (χ1) is 7.46. The molecule has 1 N–H and O–H groups in total. The number of rotatable bonds is 4. The molecule has 3 rings (SSSR count). The van der Waals surface area contributed by atoms with Crippen molar-refractivity contribution in [3.05, 3.63) is 0 Å². The summed E-state index contributed by atoms with van der Waals surface area (Å²) in [5, 5.41) is 9.01. The van der Waals surface area contributed by atoms with E-state index in [-0.39, 0.29) is 0 Å². The first-order valence-electron chi connectivity index (χ1n) is 6.22. The van der Waals surface area contributed by atoms with Crippen LogP contribution >= 0.6 is 0 Å². The fraction of sp³-hybridized carbons (Fsp3) is 0.923. The van der Waals surface area contributed by atoms with Crippen LogP contribution in [-0.4, -0.2) is 24.3 Å². The zero-order valence-electron chi connectivity index (χ0n) is 10.4. The van der Waals surface area contributed by atoms with Crippen LogP contribution in [0.2, 0.25) is 0 Å². The summed E-state index contributed by atoms with van der Waals surface area (Å²) in [6.45, 7) is 4.67. The molecule has 0 saturated heterocycles. The standard InChI is InChI=1S/C13H22O3/c1-13(2)9-5-4-8(10(13)7-9)6-11(16-3)12(14)15/h8-11H,4-7H2,1-3H3,(H,14,15). The molecule has 0 aromatic heterocycles. The Kier molecular flexibility index (Phi) is 2.99. The maximum atomic E-state index is 11.0. The maximum absolute atomic E-state index is 11.0. The molecule has 0 amide bonds. The number of carboxylic acids is 1. The van der Waals surface area contributed by atoms with Crippen LogP contribution in [0.4, 0.5) is 0 Å². The van der Waals surface area contributed by atoms with Gasteiger partial charge >= 0.3 is 5.97 Å². The third-order valence-corrected chi connectivity index (χ3v) is 5.08. The van der Waals surface area contributed by atoms with Gasteiger partial charge in [0.2, 0.25) is 0 Å². The normalized spacial score (nSPS) is 37.6. The molecular weight excluding hydrogens is 204 g/mol. The van der Waals surface area contributed by atoms with Gasteiger partial charge in [0.1, 0.15) is 0 Å². The number of carboxylic acid groups (broad SMARTS) is 1. The van der Waals surface area contributed by atoms with Crippen LogP contribution in [0.15, 0.2) is 0 Å². The van der Waals surface area contributed by atoms with Gasteiger partial charge in [-0.2, -0.15) is 0 Å². The van der Waals surface area contributed by atoms with E-state index in [1.807, 2.05) is 0 Å². The second kappa shape index (κ2) is 4.02. The molecule has 0 aromatic rings. The Bertz CT molecular complexity index is 283. The smallest absolute Gasteiger partial charge is 0.332 e. The fourth-order valence-corrected chi connectivity index (χ4v) is 3.82. The Hall–Kier alpha value is -0.570. The molecule has 3 heteroatoms. The van der Waals surface area contributed by atoms with E-state index in [0.29, 0.717) is 23.7 Å².